The third-order valence-electron chi connectivity index (χ3n) is 5.57. The topological polar surface area (TPSA) is 65.7 Å². The number of hydrogen-bond acceptors (Lipinski definition) is 5. The zero-order valence-corrected chi connectivity index (χ0v) is 21.9. The van der Waals surface area contributed by atoms with Crippen LogP contribution in [0.3, 0.4) is 0 Å². The third-order valence-corrected chi connectivity index (χ3v) is 5.57. The van der Waals surface area contributed by atoms with Gasteiger partial charge in [-0.15, -0.1) is 6.07 Å². The average Bonchev–Trinajstić information content (AvgIpc) is 2.80. The molecule has 0 bridgehead atoms. The van der Waals surface area contributed by atoms with Gasteiger partial charge in [-0.05, 0) is 35.9 Å². The van der Waals surface area contributed by atoms with Crippen molar-refractivity contribution in [1.82, 2.24) is 0 Å². The zero-order valence-electron chi connectivity index (χ0n) is 19.0. The van der Waals surface area contributed by atoms with Crippen LogP contribution in [0, 0.1) is 19.9 Å². The first-order valence-electron chi connectivity index (χ1n) is 10.2. The number of hydrogen-bond donors (Lipinski definition) is 0. The van der Waals surface area contributed by atoms with E-state index in [9.17, 15) is 9.59 Å². The van der Waals surface area contributed by atoms with Crippen molar-refractivity contribution in [2.45, 2.75) is 20.3 Å². The van der Waals surface area contributed by atoms with Crippen molar-refractivity contribution in [3.05, 3.63) is 93.3 Å². The molecule has 4 rings (SSSR count). The standard InChI is InChI=1S/C27H23O5.Y/c1-16-10-20-12-21(27(29)32-26(20)11-17(16)2)15-24(28)19-8-9-25(31-4)23(14-19)18-6-5-7-22(13-18)30-3;/h5-10,12-14H,15H2,1-4H3;/q-1;. The van der Waals surface area contributed by atoms with Crippen LogP contribution in [-0.4, -0.2) is 20.0 Å². The molecule has 165 valence electrons. The summed E-state index contributed by atoms with van der Waals surface area (Å²) in [6.45, 7) is 3.88. The van der Waals surface area contributed by atoms with Crippen LogP contribution in [0.5, 0.6) is 11.5 Å². The maximum Gasteiger partial charge on any atom is 0.336 e. The van der Waals surface area contributed by atoms with Crippen molar-refractivity contribution >= 4 is 16.8 Å². The average molecular weight is 516 g/mol. The first kappa shape index (κ1) is 24.9. The maximum absolute atomic E-state index is 13.1. The number of fused-ring (bicyclic) bond motifs is 1. The van der Waals surface area contributed by atoms with Crippen LogP contribution in [0.25, 0.3) is 22.1 Å². The van der Waals surface area contributed by atoms with Gasteiger partial charge in [-0.25, -0.2) is 4.79 Å². The summed E-state index contributed by atoms with van der Waals surface area (Å²) in [7, 11) is 3.19. The molecule has 1 radical (unpaired) electrons. The van der Waals surface area contributed by atoms with E-state index in [4.69, 9.17) is 13.9 Å². The van der Waals surface area contributed by atoms with Gasteiger partial charge in [0, 0.05) is 61.4 Å². The van der Waals surface area contributed by atoms with Gasteiger partial charge in [-0.2, -0.15) is 17.2 Å². The van der Waals surface area contributed by atoms with Crippen molar-refractivity contribution in [2.75, 3.05) is 14.2 Å². The fraction of sp³-hybridized carbons (Fsp3) is 0.185. The normalized spacial score (nSPS) is 10.5. The van der Waals surface area contributed by atoms with Crippen molar-refractivity contribution in [3.8, 4) is 22.6 Å². The summed E-state index contributed by atoms with van der Waals surface area (Å²) < 4.78 is 16.2. The Morgan fingerprint density at radius 3 is 2.52 bits per heavy atom. The first-order valence-corrected chi connectivity index (χ1v) is 10.2. The first-order chi connectivity index (χ1) is 15.4. The Labute approximate surface area is 217 Å². The molecule has 0 aliphatic carbocycles. The minimum Gasteiger partial charge on any atom is -0.497 e. The number of benzene rings is 3. The van der Waals surface area contributed by atoms with E-state index >= 15 is 0 Å². The second kappa shape index (κ2) is 10.5. The Balaban J connectivity index is 0.00000306. The van der Waals surface area contributed by atoms with E-state index in [0.29, 0.717) is 28.2 Å². The predicted molar refractivity (Wildman–Crippen MR) is 124 cm³/mol. The Bertz CT molecular complexity index is 1390. The van der Waals surface area contributed by atoms with Gasteiger partial charge in [0.25, 0.3) is 0 Å². The third kappa shape index (κ3) is 5.26. The molecule has 0 aliphatic rings. The molecule has 4 aromatic rings. The van der Waals surface area contributed by atoms with Crippen molar-refractivity contribution in [2.24, 2.45) is 0 Å². The van der Waals surface area contributed by atoms with Crippen molar-refractivity contribution < 1.29 is 51.4 Å². The summed E-state index contributed by atoms with van der Waals surface area (Å²) in [5.41, 5.74) is 4.28. The van der Waals surface area contributed by atoms with Gasteiger partial charge in [0.1, 0.15) is 11.5 Å². The number of methoxy groups -OCH3 is 2. The minimum atomic E-state index is -0.521. The Hall–Kier alpha value is -2.76. The molecule has 0 N–H and O–H groups in total. The monoisotopic (exact) mass is 516 g/mol. The molecule has 0 atom stereocenters. The molecule has 33 heavy (non-hydrogen) atoms. The summed E-state index contributed by atoms with van der Waals surface area (Å²) in [6, 6.07) is 19.5. The van der Waals surface area contributed by atoms with E-state index in [1.807, 2.05) is 44.2 Å². The van der Waals surface area contributed by atoms with E-state index in [0.717, 1.165) is 27.6 Å². The van der Waals surface area contributed by atoms with Gasteiger partial charge in [0.05, 0.1) is 14.2 Å². The molecule has 0 fully saturated rings. The molecule has 0 amide bonds. The van der Waals surface area contributed by atoms with Gasteiger partial charge in [-0.3, -0.25) is 4.79 Å². The summed E-state index contributed by atoms with van der Waals surface area (Å²) in [4.78, 5) is 25.6. The van der Waals surface area contributed by atoms with Crippen LogP contribution >= 0.6 is 0 Å². The fourth-order valence-corrected chi connectivity index (χ4v) is 3.64. The van der Waals surface area contributed by atoms with E-state index in [-0.39, 0.29) is 44.9 Å². The number of carbonyl (C=O) groups is 1. The van der Waals surface area contributed by atoms with Crippen LogP contribution < -0.4 is 15.1 Å². The van der Waals surface area contributed by atoms with Gasteiger partial charge in [-0.1, -0.05) is 37.4 Å². The quantitative estimate of drug-likeness (QED) is 0.197. The maximum atomic E-state index is 13.1. The van der Waals surface area contributed by atoms with Gasteiger partial charge >= 0.3 is 5.63 Å². The molecule has 0 saturated heterocycles. The molecule has 0 spiro atoms. The summed E-state index contributed by atoms with van der Waals surface area (Å²) in [5, 5.41) is 0.752. The Kier molecular flexibility index (Phi) is 7.88. The molecule has 1 aromatic heterocycles. The summed E-state index contributed by atoms with van der Waals surface area (Å²) in [5.74, 6) is 1.16. The summed E-state index contributed by atoms with van der Waals surface area (Å²) >= 11 is 0. The van der Waals surface area contributed by atoms with Gasteiger partial charge in [0.15, 0.2) is 5.78 Å². The SMILES string of the molecule is COc1cccc(-c2cc(C(=O)Cc3cc4cc(C)c(C)[c-]c4oc3=O)ccc2OC)c1.[Y]. The van der Waals surface area contributed by atoms with Crippen molar-refractivity contribution in [3.63, 3.8) is 0 Å². The molecular weight excluding hydrogens is 493 g/mol. The van der Waals surface area contributed by atoms with Crippen LogP contribution in [0.15, 0.2) is 63.8 Å². The van der Waals surface area contributed by atoms with E-state index in [1.54, 1.807) is 38.5 Å². The van der Waals surface area contributed by atoms with Crippen LogP contribution in [0.2, 0.25) is 0 Å². The molecular formula is C27H23O5Y-. The van der Waals surface area contributed by atoms with E-state index in [1.165, 1.54) is 0 Å². The Morgan fingerprint density at radius 1 is 1.00 bits per heavy atom. The number of rotatable bonds is 6. The molecule has 1 heterocycles. The second-order valence-electron chi connectivity index (χ2n) is 7.67. The fourth-order valence-electron chi connectivity index (χ4n) is 3.64. The number of ketones is 1. The van der Waals surface area contributed by atoms with E-state index < -0.39 is 5.63 Å². The number of carbonyl (C=O) groups excluding carboxylic acids is 1. The van der Waals surface area contributed by atoms with Crippen LogP contribution in [0.4, 0.5) is 0 Å². The van der Waals surface area contributed by atoms with Crippen LogP contribution in [-0.2, 0) is 39.1 Å². The molecule has 3 aromatic carbocycles. The second-order valence-corrected chi connectivity index (χ2v) is 7.67. The largest absolute Gasteiger partial charge is 0.497 e. The van der Waals surface area contributed by atoms with Gasteiger partial charge in [0.2, 0.25) is 0 Å². The number of aryl methyl sites for hydroxylation is 2. The molecule has 0 aliphatic heterocycles. The summed E-state index contributed by atoms with van der Waals surface area (Å²) in [6.07, 6.45) is -0.0604. The van der Waals surface area contributed by atoms with Crippen molar-refractivity contribution in [1.29, 1.82) is 0 Å². The molecule has 6 heteroatoms. The van der Waals surface area contributed by atoms with Crippen LogP contribution in [0.1, 0.15) is 27.0 Å². The molecule has 5 nitrogen and oxygen atoms in total. The minimum absolute atomic E-state index is 0. The molecule has 0 unspecified atom stereocenters. The molecule has 0 saturated carbocycles. The number of ether oxygens (including phenoxy) is 2. The van der Waals surface area contributed by atoms with E-state index in [2.05, 4.69) is 6.07 Å². The zero-order chi connectivity index (χ0) is 22.8. The predicted octanol–water partition coefficient (Wildman–Crippen LogP) is 5.32. The van der Waals surface area contributed by atoms with Gasteiger partial charge < -0.3 is 13.9 Å². The smallest absolute Gasteiger partial charge is 0.336 e. The Morgan fingerprint density at radius 2 is 1.79 bits per heavy atom. The number of Topliss-reactive ketones (excluding diaryl/α,β-unsaturated/α-hetero) is 1.